The first-order chi connectivity index (χ1) is 15.9. The molecule has 1 aliphatic rings. The Morgan fingerprint density at radius 3 is 2.30 bits per heavy atom. The van der Waals surface area contributed by atoms with Crippen LogP contribution in [0, 0.1) is 13.8 Å². The summed E-state index contributed by atoms with van der Waals surface area (Å²) in [6, 6.07) is 16.1. The minimum atomic E-state index is -0.752. The lowest BCUT2D eigenvalue weighted by atomic mass is 9.82. The standard InChI is InChI=1S/C27H18O6/c1-14-10-11-17-16(12-22(28)33-26(17)15(14)2)13-32-27(31)21-9-5-8-20-23(21)25(30)19-7-4-3-6-18(19)24(20)29/h3-12H,13H2,1-2H3. The van der Waals surface area contributed by atoms with Gasteiger partial charge in [-0.3, -0.25) is 9.59 Å². The average Bonchev–Trinajstić information content (AvgIpc) is 2.83. The topological polar surface area (TPSA) is 90.7 Å². The molecule has 0 bridgehead atoms. The number of rotatable bonds is 3. The third-order valence-electron chi connectivity index (χ3n) is 6.05. The molecule has 5 rings (SSSR count). The molecule has 33 heavy (non-hydrogen) atoms. The number of fused-ring (bicyclic) bond motifs is 3. The maximum Gasteiger partial charge on any atom is 0.339 e. The van der Waals surface area contributed by atoms with Gasteiger partial charge >= 0.3 is 11.6 Å². The van der Waals surface area contributed by atoms with Crippen LogP contribution in [0.4, 0.5) is 0 Å². The molecular weight excluding hydrogens is 420 g/mol. The quantitative estimate of drug-likeness (QED) is 0.303. The van der Waals surface area contributed by atoms with Gasteiger partial charge in [-0.05, 0) is 31.0 Å². The summed E-state index contributed by atoms with van der Waals surface area (Å²) in [6.45, 7) is 3.58. The molecule has 0 N–H and O–H groups in total. The van der Waals surface area contributed by atoms with Crippen LogP contribution in [-0.2, 0) is 11.3 Å². The van der Waals surface area contributed by atoms with E-state index in [9.17, 15) is 19.2 Å². The van der Waals surface area contributed by atoms with Crippen LogP contribution in [0.25, 0.3) is 11.0 Å². The van der Waals surface area contributed by atoms with Gasteiger partial charge in [-0.25, -0.2) is 9.59 Å². The largest absolute Gasteiger partial charge is 0.457 e. The van der Waals surface area contributed by atoms with Crippen molar-refractivity contribution in [2.45, 2.75) is 20.5 Å². The normalized spacial score (nSPS) is 12.4. The van der Waals surface area contributed by atoms with Gasteiger partial charge in [0.15, 0.2) is 11.6 Å². The van der Waals surface area contributed by atoms with Crippen molar-refractivity contribution in [3.63, 3.8) is 0 Å². The van der Waals surface area contributed by atoms with E-state index in [1.807, 2.05) is 26.0 Å². The van der Waals surface area contributed by atoms with Gasteiger partial charge in [-0.2, -0.15) is 0 Å². The van der Waals surface area contributed by atoms with E-state index >= 15 is 0 Å². The van der Waals surface area contributed by atoms with Crippen molar-refractivity contribution in [3.8, 4) is 0 Å². The number of aryl methyl sites for hydroxylation is 2. The van der Waals surface area contributed by atoms with Crippen molar-refractivity contribution >= 4 is 28.5 Å². The van der Waals surface area contributed by atoms with Gasteiger partial charge in [0.2, 0.25) is 0 Å². The smallest absolute Gasteiger partial charge is 0.339 e. The molecule has 1 aliphatic carbocycles. The van der Waals surface area contributed by atoms with Gasteiger partial charge in [0.25, 0.3) is 0 Å². The minimum Gasteiger partial charge on any atom is -0.457 e. The third kappa shape index (κ3) is 3.27. The zero-order chi connectivity index (χ0) is 23.3. The number of carbonyl (C=O) groups is 3. The highest BCUT2D eigenvalue weighted by atomic mass is 16.5. The van der Waals surface area contributed by atoms with Gasteiger partial charge in [-0.15, -0.1) is 0 Å². The molecule has 0 unspecified atom stereocenters. The molecular formula is C27H18O6. The first kappa shape index (κ1) is 20.6. The Morgan fingerprint density at radius 2 is 1.55 bits per heavy atom. The van der Waals surface area contributed by atoms with E-state index in [2.05, 4.69) is 0 Å². The van der Waals surface area contributed by atoms with Crippen LogP contribution in [0.5, 0.6) is 0 Å². The van der Waals surface area contributed by atoms with Crippen LogP contribution < -0.4 is 5.63 Å². The second-order valence-electron chi connectivity index (χ2n) is 7.98. The van der Waals surface area contributed by atoms with Crippen molar-refractivity contribution in [2.75, 3.05) is 0 Å². The number of hydrogen-bond donors (Lipinski definition) is 0. The number of benzene rings is 3. The fourth-order valence-electron chi connectivity index (χ4n) is 4.18. The van der Waals surface area contributed by atoms with E-state index < -0.39 is 17.4 Å². The Labute approximate surface area is 188 Å². The summed E-state index contributed by atoms with van der Waals surface area (Å²) in [4.78, 5) is 51.1. The highest BCUT2D eigenvalue weighted by Gasteiger charge is 2.33. The summed E-state index contributed by atoms with van der Waals surface area (Å²) in [5, 5.41) is 0.667. The lowest BCUT2D eigenvalue weighted by Gasteiger charge is -2.19. The average molecular weight is 438 g/mol. The molecule has 6 heteroatoms. The lowest BCUT2D eigenvalue weighted by molar-refractivity contribution is 0.0471. The number of carbonyl (C=O) groups excluding carboxylic acids is 3. The van der Waals surface area contributed by atoms with Crippen molar-refractivity contribution < 1.29 is 23.5 Å². The molecule has 0 amide bonds. The van der Waals surface area contributed by atoms with Gasteiger partial charge in [-0.1, -0.05) is 48.5 Å². The monoisotopic (exact) mass is 438 g/mol. The van der Waals surface area contributed by atoms with Gasteiger partial charge in [0.05, 0.1) is 5.56 Å². The molecule has 0 spiro atoms. The molecule has 0 atom stereocenters. The van der Waals surface area contributed by atoms with Gasteiger partial charge < -0.3 is 9.15 Å². The van der Waals surface area contributed by atoms with Crippen LogP contribution in [0.2, 0.25) is 0 Å². The van der Waals surface area contributed by atoms with Gasteiger partial charge in [0, 0.05) is 39.3 Å². The van der Waals surface area contributed by atoms with Crippen LogP contribution in [0.3, 0.4) is 0 Å². The van der Waals surface area contributed by atoms with E-state index in [1.165, 1.54) is 18.2 Å². The predicted octanol–water partition coefficient (Wildman–Crippen LogP) is 4.54. The molecule has 0 saturated heterocycles. The number of hydrogen-bond acceptors (Lipinski definition) is 6. The van der Waals surface area contributed by atoms with Gasteiger partial charge in [0.1, 0.15) is 12.2 Å². The van der Waals surface area contributed by atoms with E-state index in [0.29, 0.717) is 22.1 Å². The Balaban J connectivity index is 1.51. The highest BCUT2D eigenvalue weighted by molar-refractivity contribution is 6.30. The third-order valence-corrected chi connectivity index (χ3v) is 6.05. The highest BCUT2D eigenvalue weighted by Crippen LogP contribution is 2.30. The summed E-state index contributed by atoms with van der Waals surface area (Å²) in [5.41, 5.74) is 2.99. The fourth-order valence-corrected chi connectivity index (χ4v) is 4.18. The first-order valence-electron chi connectivity index (χ1n) is 10.4. The molecule has 1 heterocycles. The van der Waals surface area contributed by atoms with E-state index in [-0.39, 0.29) is 34.6 Å². The molecule has 4 aromatic rings. The number of ketones is 2. The van der Waals surface area contributed by atoms with Crippen LogP contribution in [0.15, 0.2) is 69.9 Å². The zero-order valence-corrected chi connectivity index (χ0v) is 17.9. The molecule has 0 aliphatic heterocycles. The molecule has 162 valence electrons. The van der Waals surface area contributed by atoms with Crippen LogP contribution >= 0.6 is 0 Å². The minimum absolute atomic E-state index is 0.0136. The molecule has 0 fully saturated rings. The maximum absolute atomic E-state index is 13.1. The van der Waals surface area contributed by atoms with E-state index in [4.69, 9.17) is 9.15 Å². The summed E-state index contributed by atoms with van der Waals surface area (Å²) >= 11 is 0. The second kappa shape index (κ2) is 7.67. The van der Waals surface area contributed by atoms with E-state index in [1.54, 1.807) is 30.3 Å². The zero-order valence-electron chi connectivity index (χ0n) is 17.9. The summed E-state index contributed by atoms with van der Waals surface area (Å²) in [6.07, 6.45) is 0. The molecule has 6 nitrogen and oxygen atoms in total. The number of esters is 1. The Kier molecular flexibility index (Phi) is 4.78. The van der Waals surface area contributed by atoms with Crippen molar-refractivity contribution in [3.05, 3.63) is 116 Å². The summed E-state index contributed by atoms with van der Waals surface area (Å²) in [5.74, 6) is -1.46. The Bertz CT molecular complexity index is 1560. The van der Waals surface area contributed by atoms with Crippen molar-refractivity contribution in [1.82, 2.24) is 0 Å². The predicted molar refractivity (Wildman–Crippen MR) is 121 cm³/mol. The lowest BCUT2D eigenvalue weighted by Crippen LogP contribution is -2.24. The maximum atomic E-state index is 13.1. The molecule has 3 aromatic carbocycles. The van der Waals surface area contributed by atoms with Crippen molar-refractivity contribution in [1.29, 1.82) is 0 Å². The Morgan fingerprint density at radius 1 is 0.848 bits per heavy atom. The Hall–Kier alpha value is -4.32. The van der Waals surface area contributed by atoms with E-state index in [0.717, 1.165) is 11.1 Å². The van der Waals surface area contributed by atoms with Crippen molar-refractivity contribution in [2.24, 2.45) is 0 Å². The number of ether oxygens (including phenoxy) is 1. The molecule has 0 saturated carbocycles. The molecule has 0 radical (unpaired) electrons. The summed E-state index contributed by atoms with van der Waals surface area (Å²) < 4.78 is 10.9. The first-order valence-corrected chi connectivity index (χ1v) is 10.4. The second-order valence-corrected chi connectivity index (χ2v) is 7.98. The fraction of sp³-hybridized carbons (Fsp3) is 0.111. The van der Waals surface area contributed by atoms with Crippen LogP contribution in [0.1, 0.15) is 58.9 Å². The SMILES string of the molecule is Cc1ccc2c(COC(=O)c3cccc4c3C(=O)c3ccccc3C4=O)cc(=O)oc2c1C. The summed E-state index contributed by atoms with van der Waals surface area (Å²) in [7, 11) is 0. The van der Waals surface area contributed by atoms with Crippen LogP contribution in [-0.4, -0.2) is 17.5 Å². The molecule has 1 aromatic heterocycles.